The first-order valence-electron chi connectivity index (χ1n) is 4.89. The Morgan fingerprint density at radius 2 is 2.06 bits per heavy atom. The van der Waals surface area contributed by atoms with E-state index in [1.54, 1.807) is 0 Å². The van der Waals surface area contributed by atoms with E-state index in [9.17, 15) is 4.79 Å². The molecule has 0 aliphatic heterocycles. The number of rotatable bonds is 4. The molecule has 6 heteroatoms. The molecule has 88 valence electrons. The smallest absolute Gasteiger partial charge is 0.227 e. The van der Waals surface area contributed by atoms with Gasteiger partial charge in [-0.05, 0) is 0 Å². The van der Waals surface area contributed by atoms with Crippen molar-refractivity contribution in [1.29, 1.82) is 0 Å². The van der Waals surface area contributed by atoms with Crippen LogP contribution < -0.4 is 11.5 Å². The molecule has 2 aromatic rings. The topological polar surface area (TPSA) is 82.0 Å². The van der Waals surface area contributed by atoms with E-state index in [1.807, 2.05) is 30.3 Å². The standard InChI is InChI=1S/C11H11N3OS2/c12-8(15)6-16-11-14-9(10(13)17-11)7-4-2-1-3-5-7/h1-5H,6,13H2,(H2,12,15). The van der Waals surface area contributed by atoms with E-state index in [-0.39, 0.29) is 11.7 Å². The molecule has 1 aromatic heterocycles. The van der Waals surface area contributed by atoms with Gasteiger partial charge in [-0.25, -0.2) is 4.98 Å². The summed E-state index contributed by atoms with van der Waals surface area (Å²) in [6.45, 7) is 0. The number of carbonyl (C=O) groups is 1. The summed E-state index contributed by atoms with van der Waals surface area (Å²) in [5, 5.41) is 0.656. The minimum absolute atomic E-state index is 0.223. The summed E-state index contributed by atoms with van der Waals surface area (Å²) in [5.41, 5.74) is 12.7. The van der Waals surface area contributed by atoms with Crippen molar-refractivity contribution in [2.75, 3.05) is 11.5 Å². The molecule has 4 N–H and O–H groups in total. The van der Waals surface area contributed by atoms with Crippen molar-refractivity contribution in [3.8, 4) is 11.3 Å². The van der Waals surface area contributed by atoms with Crippen molar-refractivity contribution in [2.45, 2.75) is 4.34 Å². The number of hydrogen-bond acceptors (Lipinski definition) is 5. The molecule has 0 spiro atoms. The monoisotopic (exact) mass is 265 g/mol. The van der Waals surface area contributed by atoms with Gasteiger partial charge in [-0.2, -0.15) is 0 Å². The number of benzene rings is 1. The Morgan fingerprint density at radius 1 is 1.35 bits per heavy atom. The fourth-order valence-electron chi connectivity index (χ4n) is 1.31. The van der Waals surface area contributed by atoms with Crippen LogP contribution in [0, 0.1) is 0 Å². The lowest BCUT2D eigenvalue weighted by atomic mass is 10.2. The van der Waals surface area contributed by atoms with Crippen LogP contribution >= 0.6 is 23.1 Å². The van der Waals surface area contributed by atoms with Gasteiger partial charge in [0.25, 0.3) is 0 Å². The Hall–Kier alpha value is -1.53. The zero-order chi connectivity index (χ0) is 12.3. The van der Waals surface area contributed by atoms with Gasteiger partial charge in [-0.3, -0.25) is 4.79 Å². The molecule has 1 amide bonds. The lowest BCUT2D eigenvalue weighted by Gasteiger charge is -1.96. The van der Waals surface area contributed by atoms with Crippen molar-refractivity contribution in [2.24, 2.45) is 5.73 Å². The maximum atomic E-state index is 10.7. The second kappa shape index (κ2) is 5.20. The first kappa shape index (κ1) is 11.9. The lowest BCUT2D eigenvalue weighted by molar-refractivity contribution is -0.115. The lowest BCUT2D eigenvalue weighted by Crippen LogP contribution is -2.12. The summed E-state index contributed by atoms with van der Waals surface area (Å²) in [6, 6.07) is 9.71. The summed E-state index contributed by atoms with van der Waals surface area (Å²) in [6.07, 6.45) is 0. The number of nitrogens with two attached hydrogens (primary N) is 2. The molecule has 2 rings (SSSR count). The number of nitrogens with zero attached hydrogens (tertiary/aromatic N) is 1. The van der Waals surface area contributed by atoms with Gasteiger partial charge in [-0.1, -0.05) is 53.4 Å². The summed E-state index contributed by atoms with van der Waals surface area (Å²) in [5.74, 6) is -0.133. The van der Waals surface area contributed by atoms with Crippen LogP contribution in [0.15, 0.2) is 34.7 Å². The number of carbonyl (C=O) groups excluding carboxylic acids is 1. The predicted octanol–water partition coefficient (Wildman–Crippen LogP) is 1.97. The normalized spacial score (nSPS) is 10.4. The van der Waals surface area contributed by atoms with Gasteiger partial charge in [0, 0.05) is 5.56 Å². The van der Waals surface area contributed by atoms with E-state index in [0.717, 1.165) is 15.6 Å². The summed E-state index contributed by atoms with van der Waals surface area (Å²) in [7, 11) is 0. The van der Waals surface area contributed by atoms with Crippen LogP contribution in [0.4, 0.5) is 5.00 Å². The van der Waals surface area contributed by atoms with Gasteiger partial charge >= 0.3 is 0 Å². The minimum Gasteiger partial charge on any atom is -0.389 e. The van der Waals surface area contributed by atoms with Gasteiger partial charge in [0.15, 0.2) is 4.34 Å². The van der Waals surface area contributed by atoms with Gasteiger partial charge in [0.1, 0.15) is 10.7 Å². The molecule has 1 aromatic carbocycles. The minimum atomic E-state index is -0.356. The quantitative estimate of drug-likeness (QED) is 0.828. The molecule has 0 atom stereocenters. The van der Waals surface area contributed by atoms with Crippen molar-refractivity contribution in [1.82, 2.24) is 4.98 Å². The third kappa shape index (κ3) is 2.98. The third-order valence-electron chi connectivity index (χ3n) is 2.02. The first-order chi connectivity index (χ1) is 8.16. The van der Waals surface area contributed by atoms with E-state index >= 15 is 0 Å². The Balaban J connectivity index is 2.22. The average Bonchev–Trinajstić information content (AvgIpc) is 2.69. The summed E-state index contributed by atoms with van der Waals surface area (Å²) >= 11 is 2.68. The molecule has 0 unspecified atom stereocenters. The molecule has 0 bridgehead atoms. The zero-order valence-corrected chi connectivity index (χ0v) is 10.6. The maximum Gasteiger partial charge on any atom is 0.227 e. The third-order valence-corrected chi connectivity index (χ3v) is 4.07. The van der Waals surface area contributed by atoms with Crippen molar-refractivity contribution in [3.63, 3.8) is 0 Å². The fraction of sp³-hybridized carbons (Fsp3) is 0.0909. The van der Waals surface area contributed by atoms with Crippen LogP contribution in [0.3, 0.4) is 0 Å². The zero-order valence-electron chi connectivity index (χ0n) is 8.92. The molecular weight excluding hydrogens is 254 g/mol. The van der Waals surface area contributed by atoms with Crippen LogP contribution in [-0.4, -0.2) is 16.6 Å². The number of thioether (sulfide) groups is 1. The van der Waals surface area contributed by atoms with Crippen LogP contribution in [0.1, 0.15) is 0 Å². The number of amides is 1. The van der Waals surface area contributed by atoms with Crippen molar-refractivity contribution < 1.29 is 4.79 Å². The maximum absolute atomic E-state index is 10.7. The Morgan fingerprint density at radius 3 is 2.71 bits per heavy atom. The molecule has 0 radical (unpaired) electrons. The molecule has 0 saturated carbocycles. The molecule has 0 aliphatic rings. The molecule has 0 aliphatic carbocycles. The molecule has 17 heavy (non-hydrogen) atoms. The molecule has 4 nitrogen and oxygen atoms in total. The highest BCUT2D eigenvalue weighted by Gasteiger charge is 2.11. The summed E-state index contributed by atoms with van der Waals surface area (Å²) < 4.78 is 0.764. The number of anilines is 1. The van der Waals surface area contributed by atoms with E-state index in [0.29, 0.717) is 5.00 Å². The first-order valence-corrected chi connectivity index (χ1v) is 6.70. The van der Waals surface area contributed by atoms with Crippen LogP contribution in [0.2, 0.25) is 0 Å². The number of nitrogen functional groups attached to an aromatic ring is 1. The number of aromatic nitrogens is 1. The highest BCUT2D eigenvalue weighted by molar-refractivity contribution is 8.01. The van der Waals surface area contributed by atoms with Crippen LogP contribution in [-0.2, 0) is 4.79 Å². The van der Waals surface area contributed by atoms with Crippen LogP contribution in [0.25, 0.3) is 11.3 Å². The van der Waals surface area contributed by atoms with Crippen LogP contribution in [0.5, 0.6) is 0 Å². The van der Waals surface area contributed by atoms with Gasteiger partial charge in [0.2, 0.25) is 5.91 Å². The predicted molar refractivity (Wildman–Crippen MR) is 71.9 cm³/mol. The van der Waals surface area contributed by atoms with Gasteiger partial charge in [-0.15, -0.1) is 0 Å². The Kier molecular flexibility index (Phi) is 3.65. The molecule has 0 saturated heterocycles. The van der Waals surface area contributed by atoms with E-state index in [2.05, 4.69) is 4.98 Å². The largest absolute Gasteiger partial charge is 0.389 e. The van der Waals surface area contributed by atoms with Gasteiger partial charge < -0.3 is 11.5 Å². The molecule has 1 heterocycles. The second-order valence-corrected chi connectivity index (χ2v) is 5.57. The molecule has 0 fully saturated rings. The van der Waals surface area contributed by atoms with Gasteiger partial charge in [0.05, 0.1) is 5.75 Å². The Bertz CT molecular complexity index is 525. The summed E-state index contributed by atoms with van der Waals surface area (Å²) in [4.78, 5) is 15.1. The van der Waals surface area contributed by atoms with Crippen molar-refractivity contribution >= 4 is 34.0 Å². The second-order valence-electron chi connectivity index (χ2n) is 3.31. The fourth-order valence-corrected chi connectivity index (χ4v) is 3.00. The van der Waals surface area contributed by atoms with E-state index < -0.39 is 0 Å². The highest BCUT2D eigenvalue weighted by Crippen LogP contribution is 2.34. The Labute approximate surface area is 107 Å². The number of primary amides is 1. The SMILES string of the molecule is NC(=O)CSc1nc(-c2ccccc2)c(N)s1. The highest BCUT2D eigenvalue weighted by atomic mass is 32.2. The molecular formula is C11H11N3OS2. The van der Waals surface area contributed by atoms with E-state index in [1.165, 1.54) is 23.1 Å². The number of hydrogen-bond donors (Lipinski definition) is 2. The van der Waals surface area contributed by atoms with Crippen molar-refractivity contribution in [3.05, 3.63) is 30.3 Å². The number of thiazole rings is 1. The average molecular weight is 265 g/mol. The van der Waals surface area contributed by atoms with E-state index in [4.69, 9.17) is 11.5 Å².